The first kappa shape index (κ1) is 14.6. The first-order valence-electron chi connectivity index (χ1n) is 6.57. The Labute approximate surface area is 116 Å². The van der Waals surface area contributed by atoms with E-state index in [1.165, 1.54) is 24.3 Å². The summed E-state index contributed by atoms with van der Waals surface area (Å²) in [5, 5.41) is 3.18. The molecule has 0 aliphatic heterocycles. The normalized spacial score (nSPS) is 10.8. The fourth-order valence-electron chi connectivity index (χ4n) is 2.07. The Hall–Kier alpha value is -1.81. The second-order valence-electron chi connectivity index (χ2n) is 4.58. The Balaban J connectivity index is 2.43. The van der Waals surface area contributed by atoms with Crippen LogP contribution in [0.15, 0.2) is 36.4 Å². The van der Waals surface area contributed by atoms with Crippen LogP contribution in [0, 0.1) is 17.5 Å². The molecule has 106 valence electrons. The lowest BCUT2D eigenvalue weighted by atomic mass is 9.98. The molecule has 0 saturated carbocycles. The molecule has 0 amide bonds. The molecule has 0 aliphatic carbocycles. The number of nitrogens with one attached hydrogen (secondary N) is 1. The van der Waals surface area contributed by atoms with Crippen molar-refractivity contribution in [2.24, 2.45) is 0 Å². The van der Waals surface area contributed by atoms with E-state index in [-0.39, 0.29) is 5.56 Å². The summed E-state index contributed by atoms with van der Waals surface area (Å²) in [5.41, 5.74) is 1.20. The maximum Gasteiger partial charge on any atom is 0.166 e. The molecule has 0 fully saturated rings. The van der Waals surface area contributed by atoms with Crippen molar-refractivity contribution < 1.29 is 13.2 Å². The molecule has 4 heteroatoms. The third kappa shape index (κ3) is 3.20. The van der Waals surface area contributed by atoms with Crippen LogP contribution in [0.4, 0.5) is 13.2 Å². The quantitative estimate of drug-likeness (QED) is 0.806. The SMILES string of the molecule is CCCNCc1ccc(F)cc1-c1cccc(F)c1F. The van der Waals surface area contributed by atoms with Gasteiger partial charge in [-0.15, -0.1) is 0 Å². The second kappa shape index (κ2) is 6.57. The smallest absolute Gasteiger partial charge is 0.166 e. The molecule has 2 aromatic carbocycles. The van der Waals surface area contributed by atoms with Crippen molar-refractivity contribution >= 4 is 0 Å². The Morgan fingerprint density at radius 1 is 1.00 bits per heavy atom. The standard InChI is InChI=1S/C16H16F3N/c1-2-8-20-10-11-6-7-12(17)9-14(11)13-4-3-5-15(18)16(13)19/h3-7,9,20H,2,8,10H2,1H3. The van der Waals surface area contributed by atoms with E-state index in [4.69, 9.17) is 0 Å². The first-order chi connectivity index (χ1) is 9.63. The van der Waals surface area contributed by atoms with Crippen molar-refractivity contribution in [3.63, 3.8) is 0 Å². The highest BCUT2D eigenvalue weighted by molar-refractivity contribution is 5.68. The third-order valence-corrected chi connectivity index (χ3v) is 3.06. The molecule has 0 unspecified atom stereocenters. The van der Waals surface area contributed by atoms with Gasteiger partial charge in [-0.25, -0.2) is 13.2 Å². The van der Waals surface area contributed by atoms with Crippen molar-refractivity contribution in [2.75, 3.05) is 6.54 Å². The molecular weight excluding hydrogens is 263 g/mol. The van der Waals surface area contributed by atoms with Crippen LogP contribution in [0.25, 0.3) is 11.1 Å². The molecule has 2 rings (SSSR count). The van der Waals surface area contributed by atoms with Crippen LogP contribution in [0.2, 0.25) is 0 Å². The second-order valence-corrected chi connectivity index (χ2v) is 4.58. The lowest BCUT2D eigenvalue weighted by molar-refractivity contribution is 0.511. The number of hydrogen-bond donors (Lipinski definition) is 1. The fourth-order valence-corrected chi connectivity index (χ4v) is 2.07. The van der Waals surface area contributed by atoms with Crippen LogP contribution in [-0.2, 0) is 6.54 Å². The lowest BCUT2D eigenvalue weighted by Crippen LogP contribution is -2.14. The highest BCUT2D eigenvalue weighted by atomic mass is 19.2. The molecular formula is C16H16F3N. The summed E-state index contributed by atoms with van der Waals surface area (Å²) in [6, 6.07) is 8.08. The van der Waals surface area contributed by atoms with Crippen LogP contribution in [0.5, 0.6) is 0 Å². The Morgan fingerprint density at radius 3 is 2.55 bits per heavy atom. The first-order valence-corrected chi connectivity index (χ1v) is 6.57. The minimum Gasteiger partial charge on any atom is -0.313 e. The molecule has 0 heterocycles. The largest absolute Gasteiger partial charge is 0.313 e. The number of halogens is 3. The van der Waals surface area contributed by atoms with Crippen LogP contribution in [0.1, 0.15) is 18.9 Å². The van der Waals surface area contributed by atoms with Gasteiger partial charge in [-0.1, -0.05) is 25.1 Å². The Morgan fingerprint density at radius 2 is 1.80 bits per heavy atom. The monoisotopic (exact) mass is 279 g/mol. The highest BCUT2D eigenvalue weighted by Gasteiger charge is 2.13. The van der Waals surface area contributed by atoms with Gasteiger partial charge < -0.3 is 5.32 Å². The van der Waals surface area contributed by atoms with Crippen LogP contribution in [-0.4, -0.2) is 6.54 Å². The van der Waals surface area contributed by atoms with E-state index in [0.29, 0.717) is 12.1 Å². The lowest BCUT2D eigenvalue weighted by Gasteiger charge is -2.12. The predicted molar refractivity (Wildman–Crippen MR) is 73.7 cm³/mol. The maximum absolute atomic E-state index is 13.9. The summed E-state index contributed by atoms with van der Waals surface area (Å²) < 4.78 is 40.6. The van der Waals surface area contributed by atoms with Crippen LogP contribution in [0.3, 0.4) is 0 Å². The zero-order valence-electron chi connectivity index (χ0n) is 11.2. The Kier molecular flexibility index (Phi) is 4.79. The van der Waals surface area contributed by atoms with Gasteiger partial charge in [0.05, 0.1) is 0 Å². The number of rotatable bonds is 5. The maximum atomic E-state index is 13.9. The van der Waals surface area contributed by atoms with Gasteiger partial charge in [-0.3, -0.25) is 0 Å². The van der Waals surface area contributed by atoms with Crippen molar-refractivity contribution in [1.29, 1.82) is 0 Å². The topological polar surface area (TPSA) is 12.0 Å². The summed E-state index contributed by atoms with van der Waals surface area (Å²) in [5.74, 6) is -2.35. The van der Waals surface area contributed by atoms with E-state index in [0.717, 1.165) is 24.6 Å². The van der Waals surface area contributed by atoms with Gasteiger partial charge in [0.1, 0.15) is 5.82 Å². The average Bonchev–Trinajstić information content (AvgIpc) is 2.44. The number of benzene rings is 2. The van der Waals surface area contributed by atoms with E-state index < -0.39 is 17.5 Å². The predicted octanol–water partition coefficient (Wildman–Crippen LogP) is 4.27. The third-order valence-electron chi connectivity index (χ3n) is 3.06. The summed E-state index contributed by atoms with van der Waals surface area (Å²) in [6.45, 7) is 3.33. The zero-order valence-corrected chi connectivity index (χ0v) is 11.2. The minimum atomic E-state index is -0.949. The van der Waals surface area contributed by atoms with Crippen LogP contribution >= 0.6 is 0 Å². The van der Waals surface area contributed by atoms with Gasteiger partial charge in [-0.2, -0.15) is 0 Å². The van der Waals surface area contributed by atoms with Gasteiger partial charge in [0.2, 0.25) is 0 Å². The molecule has 1 nitrogen and oxygen atoms in total. The molecule has 0 spiro atoms. The average molecular weight is 279 g/mol. The van der Waals surface area contributed by atoms with Gasteiger partial charge in [0, 0.05) is 12.1 Å². The molecule has 2 aromatic rings. The zero-order chi connectivity index (χ0) is 14.5. The van der Waals surface area contributed by atoms with Gasteiger partial charge in [0.15, 0.2) is 11.6 Å². The summed E-state index contributed by atoms with van der Waals surface area (Å²) in [4.78, 5) is 0. The summed E-state index contributed by atoms with van der Waals surface area (Å²) in [6.07, 6.45) is 0.963. The molecule has 0 saturated heterocycles. The molecule has 0 aliphatic rings. The highest BCUT2D eigenvalue weighted by Crippen LogP contribution is 2.28. The van der Waals surface area contributed by atoms with E-state index >= 15 is 0 Å². The minimum absolute atomic E-state index is 0.0813. The van der Waals surface area contributed by atoms with Gasteiger partial charge >= 0.3 is 0 Å². The number of hydrogen-bond acceptors (Lipinski definition) is 1. The van der Waals surface area contributed by atoms with Gasteiger partial charge in [0.25, 0.3) is 0 Å². The fraction of sp³-hybridized carbons (Fsp3) is 0.250. The van der Waals surface area contributed by atoms with Crippen molar-refractivity contribution in [2.45, 2.75) is 19.9 Å². The van der Waals surface area contributed by atoms with Crippen LogP contribution < -0.4 is 5.32 Å². The van der Waals surface area contributed by atoms with E-state index in [1.807, 2.05) is 6.92 Å². The summed E-state index contributed by atoms with van der Waals surface area (Å²) >= 11 is 0. The van der Waals surface area contributed by atoms with Crippen molar-refractivity contribution in [1.82, 2.24) is 5.32 Å². The molecule has 0 bridgehead atoms. The molecule has 0 aromatic heterocycles. The summed E-state index contributed by atoms with van der Waals surface area (Å²) in [7, 11) is 0. The molecule has 0 atom stereocenters. The molecule has 20 heavy (non-hydrogen) atoms. The van der Waals surface area contributed by atoms with E-state index in [2.05, 4.69) is 5.32 Å². The van der Waals surface area contributed by atoms with E-state index in [1.54, 1.807) is 6.07 Å². The molecule has 1 N–H and O–H groups in total. The Bertz CT molecular complexity index is 596. The van der Waals surface area contributed by atoms with E-state index in [9.17, 15) is 13.2 Å². The van der Waals surface area contributed by atoms with Gasteiger partial charge in [-0.05, 0) is 42.3 Å². The molecule has 0 radical (unpaired) electrons. The van der Waals surface area contributed by atoms with Crippen molar-refractivity contribution in [3.05, 3.63) is 59.4 Å². The van der Waals surface area contributed by atoms with Crippen molar-refractivity contribution in [3.8, 4) is 11.1 Å².